The van der Waals surface area contributed by atoms with Crippen LogP contribution in [0.3, 0.4) is 0 Å². The molecule has 6 heteroatoms. The summed E-state index contributed by atoms with van der Waals surface area (Å²) in [5, 5.41) is 4.50. The predicted molar refractivity (Wildman–Crippen MR) is 79.2 cm³/mol. The number of rotatable bonds is 2. The van der Waals surface area contributed by atoms with Gasteiger partial charge in [-0.25, -0.2) is 9.48 Å². The number of aromatic nitrogens is 3. The number of carbonyl (C=O) groups is 1. The molecule has 116 valence electrons. The Balaban J connectivity index is 1.92. The fourth-order valence-electron chi connectivity index (χ4n) is 3.76. The van der Waals surface area contributed by atoms with Gasteiger partial charge in [0.05, 0.1) is 0 Å². The Kier molecular flexibility index (Phi) is 3.87. The first kappa shape index (κ1) is 14.4. The maximum atomic E-state index is 12.4. The fourth-order valence-corrected chi connectivity index (χ4v) is 3.76. The topological polar surface area (TPSA) is 60.1 Å². The highest BCUT2D eigenvalue weighted by Crippen LogP contribution is 2.32. The Morgan fingerprint density at radius 2 is 1.90 bits per heavy atom. The van der Waals surface area contributed by atoms with Gasteiger partial charge in [-0.3, -0.25) is 9.36 Å². The second kappa shape index (κ2) is 5.66. The summed E-state index contributed by atoms with van der Waals surface area (Å²) in [6.45, 7) is 3.13. The van der Waals surface area contributed by atoms with Crippen LogP contribution in [0.4, 0.5) is 0 Å². The van der Waals surface area contributed by atoms with Crippen LogP contribution in [0.15, 0.2) is 4.79 Å². The molecule has 1 aliphatic carbocycles. The van der Waals surface area contributed by atoms with Crippen molar-refractivity contribution in [3.8, 4) is 0 Å². The lowest BCUT2D eigenvalue weighted by Gasteiger charge is -2.32. The van der Waals surface area contributed by atoms with E-state index < -0.39 is 0 Å². The van der Waals surface area contributed by atoms with Gasteiger partial charge in [0.15, 0.2) is 0 Å². The van der Waals surface area contributed by atoms with Crippen molar-refractivity contribution in [1.29, 1.82) is 0 Å². The molecular formula is C15H24N4O2. The highest BCUT2D eigenvalue weighted by atomic mass is 16.2. The van der Waals surface area contributed by atoms with Gasteiger partial charge in [0.2, 0.25) is 5.91 Å². The van der Waals surface area contributed by atoms with Gasteiger partial charge in [-0.1, -0.05) is 12.8 Å². The second-order valence-electron chi connectivity index (χ2n) is 6.38. The van der Waals surface area contributed by atoms with Crippen molar-refractivity contribution in [2.75, 3.05) is 13.1 Å². The first-order valence-electron chi connectivity index (χ1n) is 7.99. The van der Waals surface area contributed by atoms with E-state index in [-0.39, 0.29) is 17.5 Å². The molecule has 6 nitrogen and oxygen atoms in total. The Labute approximate surface area is 124 Å². The number of hydrogen-bond donors (Lipinski definition) is 0. The summed E-state index contributed by atoms with van der Waals surface area (Å²) in [5.74, 6) is 1.20. The zero-order valence-corrected chi connectivity index (χ0v) is 12.9. The molecule has 0 radical (unpaired) electrons. The van der Waals surface area contributed by atoms with Crippen molar-refractivity contribution in [2.45, 2.75) is 57.4 Å². The number of nitrogens with zero attached hydrogens (tertiary/aromatic N) is 4. The van der Waals surface area contributed by atoms with Crippen molar-refractivity contribution >= 4 is 5.91 Å². The summed E-state index contributed by atoms with van der Waals surface area (Å²) in [5.41, 5.74) is -0.00292. The van der Waals surface area contributed by atoms with Crippen LogP contribution in [0, 0.1) is 0 Å². The summed E-state index contributed by atoms with van der Waals surface area (Å²) >= 11 is 0. The van der Waals surface area contributed by atoms with E-state index >= 15 is 0 Å². The molecule has 1 amide bonds. The Bertz CT molecular complexity index is 583. The van der Waals surface area contributed by atoms with E-state index in [2.05, 4.69) is 5.10 Å². The van der Waals surface area contributed by atoms with Crippen molar-refractivity contribution in [1.82, 2.24) is 19.2 Å². The monoisotopic (exact) mass is 292 g/mol. The van der Waals surface area contributed by atoms with Gasteiger partial charge in [0, 0.05) is 39.0 Å². The minimum absolute atomic E-state index is 0.00292. The van der Waals surface area contributed by atoms with Gasteiger partial charge in [-0.2, -0.15) is 5.10 Å². The largest absolute Gasteiger partial charge is 0.345 e. The third-order valence-electron chi connectivity index (χ3n) is 4.90. The van der Waals surface area contributed by atoms with E-state index in [1.165, 1.54) is 17.5 Å². The molecule has 1 saturated heterocycles. The average Bonchev–Trinajstić information content (AvgIpc) is 3.08. The minimum Gasteiger partial charge on any atom is -0.342 e. The highest BCUT2D eigenvalue weighted by Gasteiger charge is 2.31. The van der Waals surface area contributed by atoms with E-state index in [1.54, 1.807) is 14.0 Å². The van der Waals surface area contributed by atoms with Crippen LogP contribution < -0.4 is 5.69 Å². The molecule has 0 bridgehead atoms. The molecule has 0 N–H and O–H groups in total. The van der Waals surface area contributed by atoms with E-state index in [1.807, 2.05) is 9.47 Å². The van der Waals surface area contributed by atoms with E-state index in [0.29, 0.717) is 12.6 Å². The molecule has 1 aromatic rings. The van der Waals surface area contributed by atoms with E-state index in [9.17, 15) is 9.59 Å². The van der Waals surface area contributed by atoms with E-state index in [0.717, 1.165) is 38.1 Å². The average molecular weight is 292 g/mol. The molecule has 1 atom stereocenters. The van der Waals surface area contributed by atoms with Crippen molar-refractivity contribution in [3.05, 3.63) is 16.3 Å². The lowest BCUT2D eigenvalue weighted by atomic mass is 9.96. The van der Waals surface area contributed by atoms with Crippen LogP contribution in [-0.4, -0.2) is 38.2 Å². The zero-order chi connectivity index (χ0) is 15.0. The van der Waals surface area contributed by atoms with Gasteiger partial charge >= 0.3 is 5.69 Å². The summed E-state index contributed by atoms with van der Waals surface area (Å²) in [4.78, 5) is 25.9. The van der Waals surface area contributed by atoms with Gasteiger partial charge < -0.3 is 4.90 Å². The molecule has 21 heavy (non-hydrogen) atoms. The van der Waals surface area contributed by atoms with Crippen LogP contribution in [0.2, 0.25) is 0 Å². The number of aryl methyl sites for hydroxylation is 1. The summed E-state index contributed by atoms with van der Waals surface area (Å²) in [7, 11) is 1.73. The number of hydrogen-bond acceptors (Lipinski definition) is 3. The van der Waals surface area contributed by atoms with Crippen LogP contribution in [0.25, 0.3) is 0 Å². The number of carbonyl (C=O) groups excluding carboxylic acids is 1. The highest BCUT2D eigenvalue weighted by molar-refractivity contribution is 5.73. The van der Waals surface area contributed by atoms with Gasteiger partial charge in [-0.05, 0) is 25.7 Å². The molecule has 2 heterocycles. The quantitative estimate of drug-likeness (QED) is 0.828. The molecular weight excluding hydrogens is 268 g/mol. The first-order valence-corrected chi connectivity index (χ1v) is 7.99. The first-order chi connectivity index (χ1) is 10.1. The fraction of sp³-hybridized carbons (Fsp3) is 0.800. The zero-order valence-electron chi connectivity index (χ0n) is 12.9. The van der Waals surface area contributed by atoms with Crippen LogP contribution in [0.1, 0.15) is 63.2 Å². The SMILES string of the molecule is CC(=O)N1CCCC(c2nn(C)c(=O)n2C2CCCC2)C1. The number of piperidine rings is 1. The molecule has 0 aromatic carbocycles. The van der Waals surface area contributed by atoms with Crippen LogP contribution >= 0.6 is 0 Å². The predicted octanol–water partition coefficient (Wildman–Crippen LogP) is 1.42. The Morgan fingerprint density at radius 1 is 1.19 bits per heavy atom. The summed E-state index contributed by atoms with van der Waals surface area (Å²) in [6, 6.07) is 0.300. The Hall–Kier alpha value is -1.59. The molecule has 1 unspecified atom stereocenters. The maximum absolute atomic E-state index is 12.4. The second-order valence-corrected chi connectivity index (χ2v) is 6.38. The number of likely N-dealkylation sites (tertiary alicyclic amines) is 1. The van der Waals surface area contributed by atoms with E-state index in [4.69, 9.17) is 0 Å². The van der Waals surface area contributed by atoms with Crippen LogP contribution in [0.5, 0.6) is 0 Å². The molecule has 1 saturated carbocycles. The lowest BCUT2D eigenvalue weighted by Crippen LogP contribution is -2.39. The minimum atomic E-state index is -0.00292. The normalized spacial score (nSPS) is 23.7. The van der Waals surface area contributed by atoms with Gasteiger partial charge in [0.25, 0.3) is 0 Å². The molecule has 2 fully saturated rings. The van der Waals surface area contributed by atoms with Gasteiger partial charge in [-0.15, -0.1) is 0 Å². The smallest absolute Gasteiger partial charge is 0.342 e. The molecule has 1 aliphatic heterocycles. The van der Waals surface area contributed by atoms with Crippen molar-refractivity contribution in [3.63, 3.8) is 0 Å². The van der Waals surface area contributed by atoms with Crippen LogP contribution in [-0.2, 0) is 11.8 Å². The standard InChI is InChI=1S/C15H24N4O2/c1-11(20)18-9-5-6-12(10-18)14-16-17(2)15(21)19(14)13-7-3-4-8-13/h12-13H,3-10H2,1-2H3. The third kappa shape index (κ3) is 2.63. The van der Waals surface area contributed by atoms with Gasteiger partial charge in [0.1, 0.15) is 5.82 Å². The molecule has 0 spiro atoms. The third-order valence-corrected chi connectivity index (χ3v) is 4.90. The maximum Gasteiger partial charge on any atom is 0.345 e. The molecule has 1 aromatic heterocycles. The summed E-state index contributed by atoms with van der Waals surface area (Å²) in [6.07, 6.45) is 6.52. The Morgan fingerprint density at radius 3 is 2.57 bits per heavy atom. The number of amides is 1. The van der Waals surface area contributed by atoms with Crippen molar-refractivity contribution < 1.29 is 4.79 Å². The molecule has 3 rings (SSSR count). The lowest BCUT2D eigenvalue weighted by molar-refractivity contribution is -0.130. The molecule has 2 aliphatic rings. The van der Waals surface area contributed by atoms with Crippen molar-refractivity contribution in [2.24, 2.45) is 7.05 Å². The summed E-state index contributed by atoms with van der Waals surface area (Å²) < 4.78 is 3.38.